The van der Waals surface area contributed by atoms with E-state index >= 15 is 0 Å². The highest BCUT2D eigenvalue weighted by atomic mass is 32.2. The summed E-state index contributed by atoms with van der Waals surface area (Å²) in [4.78, 5) is 12.3. The number of methoxy groups -OCH3 is 2. The third kappa shape index (κ3) is 5.17. The van der Waals surface area contributed by atoms with Crippen molar-refractivity contribution in [2.75, 3.05) is 27.4 Å². The predicted molar refractivity (Wildman–Crippen MR) is 113 cm³/mol. The average Bonchev–Trinajstić information content (AvgIpc) is 3.03. The Balaban J connectivity index is 1.57. The monoisotopic (exact) mass is 417 g/mol. The minimum atomic E-state index is -0.190. The molecule has 2 aromatic rings. The van der Waals surface area contributed by atoms with Crippen molar-refractivity contribution in [3.8, 4) is 23.0 Å². The largest absolute Gasteiger partial charge is 0.497 e. The lowest BCUT2D eigenvalue weighted by Crippen LogP contribution is -2.17. The van der Waals surface area contributed by atoms with Crippen LogP contribution in [0.1, 0.15) is 5.56 Å². The van der Waals surface area contributed by atoms with Crippen molar-refractivity contribution >= 4 is 40.3 Å². The molecule has 3 rings (SSSR count). The van der Waals surface area contributed by atoms with Crippen molar-refractivity contribution in [2.24, 2.45) is 0 Å². The molecule has 0 aromatic heterocycles. The molecular weight excluding hydrogens is 398 g/mol. The number of nitrogens with one attached hydrogen (secondary N) is 1. The number of thioether (sulfide) groups is 1. The molecule has 0 atom stereocenters. The Morgan fingerprint density at radius 1 is 0.964 bits per heavy atom. The molecule has 0 aliphatic carbocycles. The molecule has 1 heterocycles. The van der Waals surface area contributed by atoms with Gasteiger partial charge in [0.15, 0.2) is 11.5 Å². The summed E-state index contributed by atoms with van der Waals surface area (Å²) in [5.74, 6) is 2.50. The molecule has 146 valence electrons. The molecule has 6 nitrogen and oxygen atoms in total. The van der Waals surface area contributed by atoms with Crippen LogP contribution in [-0.2, 0) is 4.79 Å². The Kier molecular flexibility index (Phi) is 6.78. The van der Waals surface area contributed by atoms with Crippen LogP contribution in [0.2, 0.25) is 0 Å². The zero-order valence-corrected chi connectivity index (χ0v) is 17.0. The van der Waals surface area contributed by atoms with Crippen LogP contribution >= 0.6 is 24.0 Å². The Morgan fingerprint density at radius 3 is 2.32 bits per heavy atom. The molecule has 0 bridgehead atoms. The molecule has 28 heavy (non-hydrogen) atoms. The van der Waals surface area contributed by atoms with Gasteiger partial charge in [-0.05, 0) is 48.0 Å². The highest BCUT2D eigenvalue weighted by molar-refractivity contribution is 8.26. The Hall–Kier alpha value is -2.71. The molecule has 1 aliphatic rings. The van der Waals surface area contributed by atoms with E-state index in [1.807, 2.05) is 36.4 Å². The molecule has 0 saturated carbocycles. The summed E-state index contributed by atoms with van der Waals surface area (Å²) in [6, 6.07) is 12.8. The van der Waals surface area contributed by atoms with E-state index in [0.717, 1.165) is 17.1 Å². The summed E-state index contributed by atoms with van der Waals surface area (Å²) in [5.41, 5.74) is 0.820. The van der Waals surface area contributed by atoms with Crippen LogP contribution in [0, 0.1) is 0 Å². The van der Waals surface area contributed by atoms with Crippen molar-refractivity contribution < 1.29 is 23.7 Å². The Morgan fingerprint density at radius 2 is 1.68 bits per heavy atom. The summed E-state index contributed by atoms with van der Waals surface area (Å²) in [6.45, 7) is 0.741. The summed E-state index contributed by atoms with van der Waals surface area (Å²) in [5, 5.41) is 2.59. The zero-order valence-electron chi connectivity index (χ0n) is 15.4. The maximum atomic E-state index is 11.8. The third-order valence-electron chi connectivity index (χ3n) is 3.80. The molecule has 0 radical (unpaired) electrons. The van der Waals surface area contributed by atoms with Gasteiger partial charge in [-0.1, -0.05) is 30.0 Å². The zero-order chi connectivity index (χ0) is 19.9. The van der Waals surface area contributed by atoms with Crippen LogP contribution in [0.25, 0.3) is 6.08 Å². The van der Waals surface area contributed by atoms with Gasteiger partial charge in [-0.2, -0.15) is 0 Å². The number of thiocarbonyl (C=S) groups is 1. The molecule has 1 amide bonds. The molecule has 1 saturated heterocycles. The SMILES string of the molecule is COc1ccc(OCCOc2ccc(/C=C3/SC(=S)NC3=O)cc2OC)cc1. The second-order valence-corrected chi connectivity index (χ2v) is 7.35. The summed E-state index contributed by atoms with van der Waals surface area (Å²) in [6.07, 6.45) is 1.76. The molecule has 1 fully saturated rings. The van der Waals surface area contributed by atoms with Crippen LogP contribution in [0.4, 0.5) is 0 Å². The first-order valence-corrected chi connectivity index (χ1v) is 9.64. The van der Waals surface area contributed by atoms with Gasteiger partial charge in [-0.25, -0.2) is 0 Å². The fourth-order valence-electron chi connectivity index (χ4n) is 2.45. The first-order valence-electron chi connectivity index (χ1n) is 8.41. The van der Waals surface area contributed by atoms with Gasteiger partial charge in [0.2, 0.25) is 0 Å². The van der Waals surface area contributed by atoms with Gasteiger partial charge >= 0.3 is 0 Å². The minimum absolute atomic E-state index is 0.190. The molecular formula is C20H19NO5S2. The quantitative estimate of drug-likeness (QED) is 0.399. The van der Waals surface area contributed by atoms with Crippen molar-refractivity contribution in [2.45, 2.75) is 0 Å². The third-order valence-corrected chi connectivity index (χ3v) is 4.96. The molecule has 1 aliphatic heterocycles. The van der Waals surface area contributed by atoms with E-state index in [4.69, 9.17) is 31.2 Å². The lowest BCUT2D eigenvalue weighted by atomic mass is 10.2. The number of carbonyl (C=O) groups is 1. The van der Waals surface area contributed by atoms with Gasteiger partial charge in [-0.15, -0.1) is 0 Å². The molecule has 0 spiro atoms. The highest BCUT2D eigenvalue weighted by Crippen LogP contribution is 2.31. The standard InChI is InChI=1S/C20H19NO5S2/c1-23-14-4-6-15(7-5-14)25-9-10-26-16-8-3-13(11-17(16)24-2)12-18-19(22)21-20(27)28-18/h3-8,11-12H,9-10H2,1-2H3,(H,21,22,27)/b18-12+. The van der Waals surface area contributed by atoms with Gasteiger partial charge in [0, 0.05) is 0 Å². The van der Waals surface area contributed by atoms with Crippen molar-refractivity contribution in [3.63, 3.8) is 0 Å². The maximum Gasteiger partial charge on any atom is 0.263 e. The lowest BCUT2D eigenvalue weighted by molar-refractivity contribution is -0.115. The van der Waals surface area contributed by atoms with E-state index in [2.05, 4.69) is 5.32 Å². The molecule has 2 aromatic carbocycles. The van der Waals surface area contributed by atoms with Crippen LogP contribution in [0.15, 0.2) is 47.4 Å². The van der Waals surface area contributed by atoms with Gasteiger partial charge in [-0.3, -0.25) is 4.79 Å². The van der Waals surface area contributed by atoms with Crippen LogP contribution in [0.5, 0.6) is 23.0 Å². The number of benzene rings is 2. The summed E-state index contributed by atoms with van der Waals surface area (Å²) >= 11 is 6.23. The van der Waals surface area contributed by atoms with Gasteiger partial charge in [0.05, 0.1) is 19.1 Å². The van der Waals surface area contributed by atoms with E-state index in [-0.39, 0.29) is 5.91 Å². The van der Waals surface area contributed by atoms with Gasteiger partial charge in [0.1, 0.15) is 29.0 Å². The fraction of sp³-hybridized carbons (Fsp3) is 0.200. The number of ether oxygens (including phenoxy) is 4. The first kappa shape index (κ1) is 20.0. The van der Waals surface area contributed by atoms with E-state index in [0.29, 0.717) is 33.9 Å². The molecule has 8 heteroatoms. The maximum absolute atomic E-state index is 11.8. The van der Waals surface area contributed by atoms with E-state index in [1.54, 1.807) is 26.4 Å². The van der Waals surface area contributed by atoms with Gasteiger partial charge < -0.3 is 24.3 Å². The number of rotatable bonds is 8. The number of hydrogen-bond acceptors (Lipinski definition) is 7. The summed E-state index contributed by atoms with van der Waals surface area (Å²) in [7, 11) is 3.19. The first-order chi connectivity index (χ1) is 13.6. The van der Waals surface area contributed by atoms with Crippen molar-refractivity contribution in [1.82, 2.24) is 5.32 Å². The number of hydrogen-bond donors (Lipinski definition) is 1. The van der Waals surface area contributed by atoms with Gasteiger partial charge in [0.25, 0.3) is 5.91 Å². The van der Waals surface area contributed by atoms with E-state index in [9.17, 15) is 4.79 Å². The van der Waals surface area contributed by atoms with Crippen LogP contribution in [-0.4, -0.2) is 37.7 Å². The summed E-state index contributed by atoms with van der Waals surface area (Å²) < 4.78 is 22.4. The topological polar surface area (TPSA) is 66.0 Å². The van der Waals surface area contributed by atoms with E-state index in [1.165, 1.54) is 11.8 Å². The van der Waals surface area contributed by atoms with Crippen molar-refractivity contribution in [1.29, 1.82) is 0 Å². The predicted octanol–water partition coefficient (Wildman–Crippen LogP) is 3.65. The lowest BCUT2D eigenvalue weighted by Gasteiger charge is -2.12. The molecule has 1 N–H and O–H groups in total. The second-order valence-electron chi connectivity index (χ2n) is 5.63. The smallest absolute Gasteiger partial charge is 0.263 e. The van der Waals surface area contributed by atoms with Crippen LogP contribution < -0.4 is 24.3 Å². The average molecular weight is 418 g/mol. The normalized spacial score (nSPS) is 14.7. The fourth-order valence-corrected chi connectivity index (χ4v) is 3.49. The number of carbonyl (C=O) groups excluding carboxylic acids is 1. The van der Waals surface area contributed by atoms with Crippen molar-refractivity contribution in [3.05, 3.63) is 52.9 Å². The Labute approximate surface area is 172 Å². The number of amides is 1. The Bertz CT molecular complexity index is 896. The highest BCUT2D eigenvalue weighted by Gasteiger charge is 2.22. The minimum Gasteiger partial charge on any atom is -0.497 e. The van der Waals surface area contributed by atoms with E-state index < -0.39 is 0 Å². The second kappa shape index (κ2) is 9.48. The van der Waals surface area contributed by atoms with Crippen LogP contribution in [0.3, 0.4) is 0 Å². The molecule has 0 unspecified atom stereocenters.